The van der Waals surface area contributed by atoms with Crippen LogP contribution in [0.25, 0.3) is 10.8 Å². The summed E-state index contributed by atoms with van der Waals surface area (Å²) in [7, 11) is 0.978. The molecule has 108 valence electrons. The molecular formula is C16H19BN2O2. The minimum Gasteiger partial charge on any atom is -0.491 e. The van der Waals surface area contributed by atoms with Gasteiger partial charge in [0.05, 0.1) is 6.54 Å². The van der Waals surface area contributed by atoms with Crippen molar-refractivity contribution in [2.75, 3.05) is 26.2 Å². The van der Waals surface area contributed by atoms with Crippen molar-refractivity contribution in [3.05, 3.63) is 36.4 Å². The van der Waals surface area contributed by atoms with Gasteiger partial charge in [0, 0.05) is 18.5 Å². The largest absolute Gasteiger partial charge is 0.491 e. The van der Waals surface area contributed by atoms with Gasteiger partial charge in [-0.1, -0.05) is 42.6 Å². The molecule has 0 bridgehead atoms. The number of carbonyl (C=O) groups excluding carboxylic acids is 1. The lowest BCUT2D eigenvalue weighted by Gasteiger charge is -2.16. The van der Waals surface area contributed by atoms with Gasteiger partial charge in [0.15, 0.2) is 7.28 Å². The summed E-state index contributed by atoms with van der Waals surface area (Å²) in [4.78, 5) is 13.3. The molecule has 0 aromatic heterocycles. The molecule has 0 unspecified atom stereocenters. The second kappa shape index (κ2) is 6.08. The van der Waals surface area contributed by atoms with E-state index in [4.69, 9.17) is 4.74 Å². The Balaban J connectivity index is 1.76. The van der Waals surface area contributed by atoms with Gasteiger partial charge < -0.3 is 15.0 Å². The number of urea groups is 1. The van der Waals surface area contributed by atoms with Crippen molar-refractivity contribution in [2.45, 2.75) is 6.82 Å². The topological polar surface area (TPSA) is 41.6 Å². The minimum absolute atomic E-state index is 0.00534. The van der Waals surface area contributed by atoms with Crippen LogP contribution in [0.15, 0.2) is 36.4 Å². The number of nitrogens with one attached hydrogen (secondary N) is 1. The molecule has 0 spiro atoms. The maximum atomic E-state index is 11.5. The predicted molar refractivity (Wildman–Crippen MR) is 87.1 cm³/mol. The summed E-state index contributed by atoms with van der Waals surface area (Å²) in [6, 6.07) is 12.5. The molecular weight excluding hydrogens is 263 g/mol. The molecule has 4 nitrogen and oxygen atoms in total. The zero-order valence-corrected chi connectivity index (χ0v) is 12.3. The second-order valence-electron chi connectivity index (χ2n) is 5.19. The smallest absolute Gasteiger partial charge is 0.317 e. The van der Waals surface area contributed by atoms with E-state index >= 15 is 0 Å². The molecule has 0 saturated carbocycles. The van der Waals surface area contributed by atoms with Crippen molar-refractivity contribution in [1.82, 2.24) is 10.2 Å². The number of carbonyl (C=O) groups is 1. The number of fused-ring (bicyclic) bond motifs is 1. The van der Waals surface area contributed by atoms with Crippen molar-refractivity contribution < 1.29 is 9.53 Å². The molecule has 1 aliphatic rings. The van der Waals surface area contributed by atoms with Gasteiger partial charge in [-0.3, -0.25) is 0 Å². The van der Waals surface area contributed by atoms with Crippen molar-refractivity contribution in [1.29, 1.82) is 0 Å². The van der Waals surface area contributed by atoms with Crippen LogP contribution in [0.3, 0.4) is 0 Å². The molecule has 0 aliphatic carbocycles. The Hall–Kier alpha value is -2.17. The Morgan fingerprint density at radius 3 is 2.81 bits per heavy atom. The number of nitrogens with zero attached hydrogens (tertiary/aromatic N) is 1. The van der Waals surface area contributed by atoms with Crippen molar-refractivity contribution in [3.8, 4) is 5.75 Å². The fourth-order valence-corrected chi connectivity index (χ4v) is 2.79. The third-order valence-corrected chi connectivity index (χ3v) is 3.90. The second-order valence-corrected chi connectivity index (χ2v) is 5.19. The summed E-state index contributed by atoms with van der Waals surface area (Å²) in [5.41, 5.74) is 1.29. The molecule has 0 atom stereocenters. The third-order valence-electron chi connectivity index (χ3n) is 3.90. The van der Waals surface area contributed by atoms with Crippen molar-refractivity contribution >= 4 is 29.5 Å². The standard InChI is InChI=1S/C16H19BN2O2/c1-17-13-6-2-4-12-5-3-7-14(15(12)13)21-11-10-19-9-8-18-16(19)20/h2-7,17H,8-11H2,1H3,(H,18,20). The summed E-state index contributed by atoms with van der Waals surface area (Å²) < 4.78 is 5.95. The molecule has 21 heavy (non-hydrogen) atoms. The molecule has 1 heterocycles. The van der Waals surface area contributed by atoms with E-state index in [1.54, 1.807) is 4.90 Å². The van der Waals surface area contributed by atoms with E-state index < -0.39 is 0 Å². The number of benzene rings is 2. The van der Waals surface area contributed by atoms with Crippen LogP contribution in [0.4, 0.5) is 4.79 Å². The zero-order valence-electron chi connectivity index (χ0n) is 12.3. The van der Waals surface area contributed by atoms with Gasteiger partial charge in [-0.15, -0.1) is 0 Å². The van der Waals surface area contributed by atoms with Gasteiger partial charge >= 0.3 is 6.03 Å². The molecule has 0 radical (unpaired) electrons. The van der Waals surface area contributed by atoms with E-state index in [9.17, 15) is 4.79 Å². The Bertz CT molecular complexity index is 655. The normalized spacial score (nSPS) is 14.3. The highest BCUT2D eigenvalue weighted by Crippen LogP contribution is 2.23. The summed E-state index contributed by atoms with van der Waals surface area (Å²) >= 11 is 0. The van der Waals surface area contributed by atoms with Crippen LogP contribution in [-0.2, 0) is 0 Å². The Kier molecular flexibility index (Phi) is 4.00. The Labute approximate surface area is 125 Å². The summed E-state index contributed by atoms with van der Waals surface area (Å²) in [5.74, 6) is 0.907. The quantitative estimate of drug-likeness (QED) is 0.841. The van der Waals surface area contributed by atoms with Gasteiger partial charge in [-0.05, 0) is 11.5 Å². The summed E-state index contributed by atoms with van der Waals surface area (Å²) in [6.07, 6.45) is 0. The van der Waals surface area contributed by atoms with Gasteiger partial charge in [-0.2, -0.15) is 0 Å². The average Bonchev–Trinajstić information content (AvgIpc) is 2.92. The van der Waals surface area contributed by atoms with Crippen LogP contribution < -0.4 is 15.5 Å². The van der Waals surface area contributed by atoms with Crippen molar-refractivity contribution in [2.24, 2.45) is 0 Å². The first-order valence-electron chi connectivity index (χ1n) is 7.46. The van der Waals surface area contributed by atoms with Gasteiger partial charge in [0.1, 0.15) is 12.4 Å². The van der Waals surface area contributed by atoms with Crippen LogP contribution in [0.1, 0.15) is 0 Å². The van der Waals surface area contributed by atoms with Gasteiger partial charge in [-0.25, -0.2) is 4.79 Å². The fraction of sp³-hybridized carbons (Fsp3) is 0.312. The predicted octanol–water partition coefficient (Wildman–Crippen LogP) is 1.35. The van der Waals surface area contributed by atoms with Gasteiger partial charge in [0.25, 0.3) is 0 Å². The monoisotopic (exact) mass is 282 g/mol. The lowest BCUT2D eigenvalue weighted by molar-refractivity contribution is 0.203. The van der Waals surface area contributed by atoms with E-state index in [1.165, 1.54) is 16.2 Å². The molecule has 2 aromatic rings. The van der Waals surface area contributed by atoms with Crippen LogP contribution in [0.5, 0.6) is 5.75 Å². The van der Waals surface area contributed by atoms with Crippen molar-refractivity contribution in [3.63, 3.8) is 0 Å². The lowest BCUT2D eigenvalue weighted by Crippen LogP contribution is -2.31. The first-order valence-corrected chi connectivity index (χ1v) is 7.46. The Morgan fingerprint density at radius 1 is 1.29 bits per heavy atom. The molecule has 1 fully saturated rings. The number of hydrogen-bond donors (Lipinski definition) is 1. The summed E-state index contributed by atoms with van der Waals surface area (Å²) in [5, 5.41) is 5.19. The number of amides is 2. The van der Waals surface area contributed by atoms with E-state index in [0.29, 0.717) is 13.2 Å². The minimum atomic E-state index is 0.00534. The number of rotatable bonds is 5. The van der Waals surface area contributed by atoms with Crippen LogP contribution in [0, 0.1) is 0 Å². The van der Waals surface area contributed by atoms with E-state index in [1.807, 2.05) is 12.1 Å². The molecule has 2 aromatic carbocycles. The SMILES string of the molecule is CBc1cccc2cccc(OCCN3CCNC3=O)c12. The zero-order chi connectivity index (χ0) is 14.7. The fourth-order valence-electron chi connectivity index (χ4n) is 2.79. The maximum Gasteiger partial charge on any atom is 0.317 e. The molecule has 1 aliphatic heterocycles. The highest BCUT2D eigenvalue weighted by molar-refractivity contribution is 6.56. The Morgan fingerprint density at radius 2 is 2.10 bits per heavy atom. The molecule has 1 saturated heterocycles. The molecule has 2 amide bonds. The van der Waals surface area contributed by atoms with E-state index in [-0.39, 0.29) is 6.03 Å². The highest BCUT2D eigenvalue weighted by atomic mass is 16.5. The van der Waals surface area contributed by atoms with Gasteiger partial charge in [0.2, 0.25) is 0 Å². The first kappa shape index (κ1) is 13.8. The summed E-state index contributed by atoms with van der Waals surface area (Å²) in [6.45, 7) is 4.78. The molecule has 1 N–H and O–H groups in total. The van der Waals surface area contributed by atoms with E-state index in [2.05, 4.69) is 36.4 Å². The third kappa shape index (κ3) is 2.82. The van der Waals surface area contributed by atoms with Crippen LogP contribution in [0.2, 0.25) is 6.82 Å². The highest BCUT2D eigenvalue weighted by Gasteiger charge is 2.18. The first-order chi connectivity index (χ1) is 10.3. The van der Waals surface area contributed by atoms with E-state index in [0.717, 1.165) is 26.1 Å². The molecule has 5 heteroatoms. The maximum absolute atomic E-state index is 11.5. The van der Waals surface area contributed by atoms with Crippen LogP contribution >= 0.6 is 0 Å². The number of ether oxygens (including phenoxy) is 1. The number of hydrogen-bond acceptors (Lipinski definition) is 2. The lowest BCUT2D eigenvalue weighted by atomic mass is 9.71. The average molecular weight is 282 g/mol. The molecule has 3 rings (SSSR count). The van der Waals surface area contributed by atoms with Crippen LogP contribution in [-0.4, -0.2) is 44.5 Å².